The molecule has 1 amide bonds. The number of nitrogens with two attached hydrogens (primary N) is 1. The zero-order valence-corrected chi connectivity index (χ0v) is 12.2. The van der Waals surface area contributed by atoms with Crippen molar-refractivity contribution in [1.82, 2.24) is 4.90 Å². The summed E-state index contributed by atoms with van der Waals surface area (Å²) in [4.78, 5) is 13.5. The van der Waals surface area contributed by atoms with Crippen LogP contribution in [-0.4, -0.2) is 43.2 Å². The van der Waals surface area contributed by atoms with E-state index in [0.29, 0.717) is 6.61 Å². The molecule has 0 bridgehead atoms. The van der Waals surface area contributed by atoms with Crippen molar-refractivity contribution in [2.45, 2.75) is 25.4 Å². The molecule has 2 heterocycles. The molecule has 2 N–H and O–H groups in total. The standard InChI is InChI=1S/C16H22N2O3/c17-16(19)12-5-8-18(9-6-12)10-7-13-11-20-14-3-1-2-4-15(14)21-13/h1-4,12-13H,5-11H2,(H2,17,19). The highest BCUT2D eigenvalue weighted by atomic mass is 16.6. The van der Waals surface area contributed by atoms with Crippen LogP contribution in [0.1, 0.15) is 19.3 Å². The van der Waals surface area contributed by atoms with E-state index in [9.17, 15) is 4.79 Å². The maximum Gasteiger partial charge on any atom is 0.220 e. The number of ether oxygens (including phenoxy) is 2. The fraction of sp³-hybridized carbons (Fsp3) is 0.562. The predicted molar refractivity (Wildman–Crippen MR) is 79.3 cm³/mol. The third-order valence-electron chi connectivity index (χ3n) is 4.32. The van der Waals surface area contributed by atoms with Gasteiger partial charge in [-0.2, -0.15) is 0 Å². The largest absolute Gasteiger partial charge is 0.486 e. The number of para-hydroxylation sites is 2. The zero-order valence-electron chi connectivity index (χ0n) is 12.2. The lowest BCUT2D eigenvalue weighted by molar-refractivity contribution is -0.123. The van der Waals surface area contributed by atoms with Crippen molar-refractivity contribution in [2.75, 3.05) is 26.2 Å². The van der Waals surface area contributed by atoms with Gasteiger partial charge in [0.25, 0.3) is 0 Å². The second kappa shape index (κ2) is 6.35. The molecule has 1 aromatic carbocycles. The van der Waals surface area contributed by atoms with E-state index < -0.39 is 0 Å². The van der Waals surface area contributed by atoms with Crippen LogP contribution in [-0.2, 0) is 4.79 Å². The Labute approximate surface area is 125 Å². The number of hydrogen-bond donors (Lipinski definition) is 1. The van der Waals surface area contributed by atoms with Crippen LogP contribution in [0, 0.1) is 5.92 Å². The Morgan fingerprint density at radius 2 is 1.95 bits per heavy atom. The van der Waals surface area contributed by atoms with E-state index in [4.69, 9.17) is 15.2 Å². The van der Waals surface area contributed by atoms with Gasteiger partial charge in [-0.15, -0.1) is 0 Å². The summed E-state index contributed by atoms with van der Waals surface area (Å²) in [6, 6.07) is 7.78. The van der Waals surface area contributed by atoms with Gasteiger partial charge in [0.1, 0.15) is 12.7 Å². The van der Waals surface area contributed by atoms with Crippen LogP contribution < -0.4 is 15.2 Å². The summed E-state index contributed by atoms with van der Waals surface area (Å²) < 4.78 is 11.7. The first-order chi connectivity index (χ1) is 10.2. The molecular formula is C16H22N2O3. The minimum atomic E-state index is -0.157. The van der Waals surface area contributed by atoms with Crippen LogP contribution in [0.25, 0.3) is 0 Å². The average molecular weight is 290 g/mol. The first-order valence-corrected chi connectivity index (χ1v) is 7.62. The fourth-order valence-corrected chi connectivity index (χ4v) is 2.97. The molecular weight excluding hydrogens is 268 g/mol. The number of fused-ring (bicyclic) bond motifs is 1. The fourth-order valence-electron chi connectivity index (χ4n) is 2.97. The molecule has 1 saturated heterocycles. The van der Waals surface area contributed by atoms with Gasteiger partial charge in [-0.05, 0) is 38.1 Å². The maximum atomic E-state index is 11.2. The van der Waals surface area contributed by atoms with Gasteiger partial charge in [-0.3, -0.25) is 4.79 Å². The number of likely N-dealkylation sites (tertiary alicyclic amines) is 1. The lowest BCUT2D eigenvalue weighted by atomic mass is 9.96. The molecule has 3 rings (SSSR count). The Morgan fingerprint density at radius 3 is 2.67 bits per heavy atom. The van der Waals surface area contributed by atoms with Gasteiger partial charge < -0.3 is 20.1 Å². The number of primary amides is 1. The molecule has 0 radical (unpaired) electrons. The summed E-state index contributed by atoms with van der Waals surface area (Å²) in [7, 11) is 0. The van der Waals surface area contributed by atoms with E-state index >= 15 is 0 Å². The predicted octanol–water partition coefficient (Wildman–Crippen LogP) is 1.41. The molecule has 1 fully saturated rings. The molecule has 0 aromatic heterocycles. The highest BCUT2D eigenvalue weighted by Crippen LogP contribution is 2.31. The highest BCUT2D eigenvalue weighted by molar-refractivity contribution is 5.76. The van der Waals surface area contributed by atoms with E-state index in [-0.39, 0.29) is 17.9 Å². The van der Waals surface area contributed by atoms with Gasteiger partial charge in [0.15, 0.2) is 11.5 Å². The van der Waals surface area contributed by atoms with E-state index in [1.165, 1.54) is 0 Å². The SMILES string of the molecule is NC(=O)C1CCN(CCC2COc3ccccc3O2)CC1. The number of hydrogen-bond acceptors (Lipinski definition) is 4. The van der Waals surface area contributed by atoms with Crippen molar-refractivity contribution in [2.24, 2.45) is 11.7 Å². The quantitative estimate of drug-likeness (QED) is 0.910. The van der Waals surface area contributed by atoms with Crippen LogP contribution in [0.2, 0.25) is 0 Å². The molecule has 0 saturated carbocycles. The summed E-state index contributed by atoms with van der Waals surface area (Å²) in [6.07, 6.45) is 2.80. The van der Waals surface area contributed by atoms with Gasteiger partial charge in [0.2, 0.25) is 5.91 Å². The second-order valence-electron chi connectivity index (χ2n) is 5.80. The minimum absolute atomic E-state index is 0.0578. The average Bonchev–Trinajstić information content (AvgIpc) is 2.53. The molecule has 1 atom stereocenters. The first-order valence-electron chi connectivity index (χ1n) is 7.62. The van der Waals surface area contributed by atoms with Crippen LogP contribution in [0.3, 0.4) is 0 Å². The van der Waals surface area contributed by atoms with Crippen molar-refractivity contribution >= 4 is 5.91 Å². The van der Waals surface area contributed by atoms with Crippen molar-refractivity contribution in [1.29, 1.82) is 0 Å². The number of carbonyl (C=O) groups is 1. The highest BCUT2D eigenvalue weighted by Gasteiger charge is 2.25. The Kier molecular flexibility index (Phi) is 4.29. The summed E-state index contributed by atoms with van der Waals surface area (Å²) in [5, 5.41) is 0. The number of rotatable bonds is 4. The van der Waals surface area contributed by atoms with Gasteiger partial charge in [0, 0.05) is 18.9 Å². The number of nitrogens with zero attached hydrogens (tertiary/aromatic N) is 1. The Hall–Kier alpha value is -1.75. The molecule has 5 nitrogen and oxygen atoms in total. The molecule has 21 heavy (non-hydrogen) atoms. The monoisotopic (exact) mass is 290 g/mol. The Bertz CT molecular complexity index is 498. The van der Waals surface area contributed by atoms with Gasteiger partial charge in [-0.1, -0.05) is 12.1 Å². The molecule has 2 aliphatic heterocycles. The second-order valence-corrected chi connectivity index (χ2v) is 5.80. The third-order valence-corrected chi connectivity index (χ3v) is 4.32. The lowest BCUT2D eigenvalue weighted by Gasteiger charge is -2.32. The Balaban J connectivity index is 1.44. The third kappa shape index (κ3) is 3.47. The summed E-state index contributed by atoms with van der Waals surface area (Å²) in [5.74, 6) is 1.56. The van der Waals surface area contributed by atoms with Gasteiger partial charge >= 0.3 is 0 Å². The van der Waals surface area contributed by atoms with Crippen LogP contribution >= 0.6 is 0 Å². The van der Waals surface area contributed by atoms with E-state index in [1.807, 2.05) is 24.3 Å². The number of amides is 1. The molecule has 5 heteroatoms. The normalized spacial score (nSPS) is 23.0. The van der Waals surface area contributed by atoms with Gasteiger partial charge in [-0.25, -0.2) is 0 Å². The topological polar surface area (TPSA) is 64.8 Å². The smallest absolute Gasteiger partial charge is 0.220 e. The zero-order chi connectivity index (χ0) is 14.7. The first kappa shape index (κ1) is 14.2. The van der Waals surface area contributed by atoms with E-state index in [2.05, 4.69) is 4.90 Å². The van der Waals surface area contributed by atoms with Crippen molar-refractivity contribution in [3.05, 3.63) is 24.3 Å². The maximum absolute atomic E-state index is 11.2. The summed E-state index contributed by atoms with van der Waals surface area (Å²) >= 11 is 0. The molecule has 1 aromatic rings. The molecule has 2 aliphatic rings. The minimum Gasteiger partial charge on any atom is -0.486 e. The Morgan fingerprint density at radius 1 is 1.24 bits per heavy atom. The molecule has 114 valence electrons. The van der Waals surface area contributed by atoms with Gasteiger partial charge in [0.05, 0.1) is 0 Å². The molecule has 0 spiro atoms. The molecule has 1 unspecified atom stereocenters. The number of benzene rings is 1. The van der Waals surface area contributed by atoms with Crippen molar-refractivity contribution < 1.29 is 14.3 Å². The summed E-state index contributed by atoms with van der Waals surface area (Å²) in [5.41, 5.74) is 5.35. The van der Waals surface area contributed by atoms with E-state index in [0.717, 1.165) is 50.4 Å². The van der Waals surface area contributed by atoms with Crippen molar-refractivity contribution in [3.63, 3.8) is 0 Å². The van der Waals surface area contributed by atoms with Crippen molar-refractivity contribution in [3.8, 4) is 11.5 Å². The lowest BCUT2D eigenvalue weighted by Crippen LogP contribution is -2.41. The number of carbonyl (C=O) groups excluding carboxylic acids is 1. The number of piperidine rings is 1. The van der Waals surface area contributed by atoms with E-state index in [1.54, 1.807) is 0 Å². The molecule has 0 aliphatic carbocycles. The van der Waals surface area contributed by atoms with Crippen LogP contribution in [0.15, 0.2) is 24.3 Å². The van der Waals surface area contributed by atoms with Crippen LogP contribution in [0.4, 0.5) is 0 Å². The van der Waals surface area contributed by atoms with Crippen LogP contribution in [0.5, 0.6) is 11.5 Å². The summed E-state index contributed by atoms with van der Waals surface area (Å²) in [6.45, 7) is 3.46.